The van der Waals surface area contributed by atoms with E-state index in [0.29, 0.717) is 5.03 Å². The van der Waals surface area contributed by atoms with Gasteiger partial charge in [-0.25, -0.2) is 4.39 Å². The summed E-state index contributed by atoms with van der Waals surface area (Å²) in [6.07, 6.45) is 0. The quantitative estimate of drug-likeness (QED) is 0.777. The highest BCUT2D eigenvalue weighted by atomic mass is 35.5. The first-order valence-electron chi connectivity index (χ1n) is 4.17. The number of carbonyl (C=O) groups is 1. The number of nitrogens with one attached hydrogen (secondary N) is 1. The molecule has 5 heteroatoms. The molecule has 0 spiro atoms. The molecule has 0 radical (unpaired) electrons. The fourth-order valence-electron chi connectivity index (χ4n) is 0.947. The molecule has 0 atom stereocenters. The van der Waals surface area contributed by atoms with Gasteiger partial charge in [-0.2, -0.15) is 0 Å². The van der Waals surface area contributed by atoms with Crippen LogP contribution in [0.15, 0.2) is 29.8 Å². The van der Waals surface area contributed by atoms with E-state index in [2.05, 4.69) is 11.9 Å². The van der Waals surface area contributed by atoms with E-state index in [1.807, 2.05) is 0 Å². The first-order valence-corrected chi connectivity index (χ1v) is 4.55. The summed E-state index contributed by atoms with van der Waals surface area (Å²) in [7, 11) is 0. The van der Waals surface area contributed by atoms with Crippen LogP contribution in [0.25, 0.3) is 0 Å². The van der Waals surface area contributed by atoms with Crippen molar-refractivity contribution in [1.29, 1.82) is 0 Å². The van der Waals surface area contributed by atoms with Crippen LogP contribution in [-0.2, 0) is 0 Å². The molecule has 1 amide bonds. The zero-order valence-electron chi connectivity index (χ0n) is 7.89. The van der Waals surface area contributed by atoms with Crippen molar-refractivity contribution in [2.24, 2.45) is 0 Å². The van der Waals surface area contributed by atoms with Gasteiger partial charge in [-0.1, -0.05) is 18.2 Å². The van der Waals surface area contributed by atoms with E-state index in [1.54, 1.807) is 0 Å². The molecule has 3 nitrogen and oxygen atoms in total. The van der Waals surface area contributed by atoms with E-state index in [0.717, 1.165) is 6.07 Å². The lowest BCUT2D eigenvalue weighted by atomic mass is 10.2. The summed E-state index contributed by atoms with van der Waals surface area (Å²) >= 11 is 5.46. The maximum absolute atomic E-state index is 13.0. The minimum Gasteiger partial charge on any atom is -0.396 e. The number of benzene rings is 1. The van der Waals surface area contributed by atoms with Crippen molar-refractivity contribution < 1.29 is 9.18 Å². The first kappa shape index (κ1) is 11.5. The van der Waals surface area contributed by atoms with Crippen LogP contribution in [0.2, 0.25) is 0 Å². The average molecular weight is 229 g/mol. The smallest absolute Gasteiger partial charge is 0.251 e. The number of nitrogen functional groups attached to an aromatic ring is 1. The third-order valence-corrected chi connectivity index (χ3v) is 1.84. The summed E-state index contributed by atoms with van der Waals surface area (Å²) in [5.41, 5.74) is 5.47. The minimum atomic E-state index is -0.618. The van der Waals surface area contributed by atoms with E-state index >= 15 is 0 Å². The zero-order chi connectivity index (χ0) is 11.4. The lowest BCUT2D eigenvalue weighted by Gasteiger charge is -2.04. The largest absolute Gasteiger partial charge is 0.396 e. The summed E-state index contributed by atoms with van der Waals surface area (Å²) in [4.78, 5) is 11.4. The molecule has 3 N–H and O–H groups in total. The molecular weight excluding hydrogens is 219 g/mol. The molecule has 0 heterocycles. The van der Waals surface area contributed by atoms with Gasteiger partial charge in [0, 0.05) is 10.6 Å². The van der Waals surface area contributed by atoms with Gasteiger partial charge >= 0.3 is 0 Å². The second-order valence-electron chi connectivity index (χ2n) is 2.94. The van der Waals surface area contributed by atoms with Gasteiger partial charge in [-0.3, -0.25) is 4.79 Å². The Balaban J connectivity index is 2.74. The number of rotatable bonds is 3. The number of hydrogen-bond donors (Lipinski definition) is 2. The van der Waals surface area contributed by atoms with Crippen molar-refractivity contribution in [3.63, 3.8) is 0 Å². The van der Waals surface area contributed by atoms with Crippen LogP contribution in [0.4, 0.5) is 10.1 Å². The molecule has 0 aliphatic rings. The molecular formula is C10H10ClFN2O. The van der Waals surface area contributed by atoms with Gasteiger partial charge in [0.2, 0.25) is 0 Å². The third-order valence-electron chi connectivity index (χ3n) is 1.70. The Morgan fingerprint density at radius 2 is 2.27 bits per heavy atom. The fraction of sp³-hybridized carbons (Fsp3) is 0.100. The van der Waals surface area contributed by atoms with Gasteiger partial charge in [0.15, 0.2) is 0 Å². The predicted molar refractivity (Wildman–Crippen MR) is 58.1 cm³/mol. The van der Waals surface area contributed by atoms with Gasteiger partial charge in [-0.05, 0) is 18.2 Å². The summed E-state index contributed by atoms with van der Waals surface area (Å²) in [6, 6.07) is 3.84. The van der Waals surface area contributed by atoms with Crippen molar-refractivity contribution in [1.82, 2.24) is 5.32 Å². The van der Waals surface area contributed by atoms with Gasteiger partial charge in [-0.15, -0.1) is 0 Å². The van der Waals surface area contributed by atoms with E-state index < -0.39 is 11.7 Å². The highest BCUT2D eigenvalue weighted by Gasteiger charge is 2.07. The molecule has 0 bridgehead atoms. The second-order valence-corrected chi connectivity index (χ2v) is 3.47. The molecule has 0 aliphatic heterocycles. The normalized spacial score (nSPS) is 9.73. The van der Waals surface area contributed by atoms with Crippen molar-refractivity contribution >= 4 is 23.2 Å². The zero-order valence-corrected chi connectivity index (χ0v) is 8.64. The Kier molecular flexibility index (Phi) is 3.68. The Labute approximate surface area is 91.7 Å². The lowest BCUT2D eigenvalue weighted by molar-refractivity contribution is 0.0957. The predicted octanol–water partition coefficient (Wildman–Crippen LogP) is 1.89. The van der Waals surface area contributed by atoms with E-state index in [4.69, 9.17) is 17.3 Å². The van der Waals surface area contributed by atoms with Crippen molar-refractivity contribution in [3.05, 3.63) is 41.2 Å². The van der Waals surface area contributed by atoms with Gasteiger partial charge in [0.25, 0.3) is 5.91 Å². The maximum atomic E-state index is 13.0. The number of halogens is 2. The van der Waals surface area contributed by atoms with Crippen LogP contribution in [0.5, 0.6) is 0 Å². The Bertz CT molecular complexity index is 406. The van der Waals surface area contributed by atoms with Crippen LogP contribution in [0.3, 0.4) is 0 Å². The second kappa shape index (κ2) is 4.79. The summed E-state index contributed by atoms with van der Waals surface area (Å²) in [5, 5.41) is 2.77. The maximum Gasteiger partial charge on any atom is 0.251 e. The van der Waals surface area contributed by atoms with Crippen LogP contribution in [0.1, 0.15) is 10.4 Å². The van der Waals surface area contributed by atoms with Crippen molar-refractivity contribution in [2.45, 2.75) is 0 Å². The van der Waals surface area contributed by atoms with Gasteiger partial charge in [0.1, 0.15) is 5.82 Å². The molecule has 1 aromatic rings. The standard InChI is InChI=1S/C10H10ClFN2O/c1-6(11)5-14-10(15)7-2-3-9(13)8(12)4-7/h2-4H,1,5,13H2,(H,14,15). The highest BCUT2D eigenvalue weighted by Crippen LogP contribution is 2.11. The van der Waals surface area contributed by atoms with E-state index in [9.17, 15) is 9.18 Å². The Morgan fingerprint density at radius 1 is 1.60 bits per heavy atom. The topological polar surface area (TPSA) is 55.1 Å². The average Bonchev–Trinajstić information content (AvgIpc) is 2.18. The number of nitrogens with two attached hydrogens (primary N) is 1. The number of anilines is 1. The molecule has 80 valence electrons. The molecule has 0 saturated carbocycles. The molecule has 0 aliphatic carbocycles. The molecule has 0 unspecified atom stereocenters. The minimum absolute atomic E-state index is 0.00769. The third kappa shape index (κ3) is 3.25. The summed E-state index contributed by atoms with van der Waals surface area (Å²) in [5.74, 6) is -1.04. The summed E-state index contributed by atoms with van der Waals surface area (Å²) in [6.45, 7) is 3.55. The monoisotopic (exact) mass is 228 g/mol. The Morgan fingerprint density at radius 3 is 2.80 bits per heavy atom. The van der Waals surface area contributed by atoms with Gasteiger partial charge < -0.3 is 11.1 Å². The summed E-state index contributed by atoms with van der Waals surface area (Å²) < 4.78 is 13.0. The first-order chi connectivity index (χ1) is 7.00. The highest BCUT2D eigenvalue weighted by molar-refractivity contribution is 6.29. The number of carbonyl (C=O) groups excluding carboxylic acids is 1. The van der Waals surface area contributed by atoms with E-state index in [1.165, 1.54) is 12.1 Å². The van der Waals surface area contributed by atoms with Crippen molar-refractivity contribution in [2.75, 3.05) is 12.3 Å². The lowest BCUT2D eigenvalue weighted by Crippen LogP contribution is -2.24. The van der Waals surface area contributed by atoms with E-state index in [-0.39, 0.29) is 17.8 Å². The van der Waals surface area contributed by atoms with Gasteiger partial charge in [0.05, 0.1) is 12.2 Å². The molecule has 0 fully saturated rings. The van der Waals surface area contributed by atoms with Crippen molar-refractivity contribution in [3.8, 4) is 0 Å². The number of hydrogen-bond acceptors (Lipinski definition) is 2. The SMILES string of the molecule is C=C(Cl)CNC(=O)c1ccc(N)c(F)c1. The fourth-order valence-corrected chi connectivity index (χ4v) is 1.01. The molecule has 1 rings (SSSR count). The Hall–Kier alpha value is -1.55. The molecule has 0 aromatic heterocycles. The molecule has 1 aromatic carbocycles. The van der Waals surface area contributed by atoms with Crippen LogP contribution >= 0.6 is 11.6 Å². The molecule has 15 heavy (non-hydrogen) atoms. The number of amides is 1. The molecule has 0 saturated heterocycles. The van der Waals surface area contributed by atoms with Crippen LogP contribution in [0, 0.1) is 5.82 Å². The van der Waals surface area contributed by atoms with Crippen LogP contribution < -0.4 is 11.1 Å². The van der Waals surface area contributed by atoms with Crippen LogP contribution in [-0.4, -0.2) is 12.5 Å².